The van der Waals surface area contributed by atoms with Gasteiger partial charge in [0.05, 0.1) is 6.61 Å². The van der Waals surface area contributed by atoms with Crippen molar-refractivity contribution in [2.45, 2.75) is 19.8 Å². The molecule has 1 aromatic rings. The number of hydrogen-bond donors (Lipinski definition) is 1. The van der Waals surface area contributed by atoms with Crippen molar-refractivity contribution in [1.29, 1.82) is 0 Å². The van der Waals surface area contributed by atoms with Crippen LogP contribution in [0, 0.1) is 0 Å². The summed E-state index contributed by atoms with van der Waals surface area (Å²) < 4.78 is 10.9. The fourth-order valence-electron chi connectivity index (χ4n) is 1.31. The van der Waals surface area contributed by atoms with E-state index in [-0.39, 0.29) is 0 Å². The first-order valence-electron chi connectivity index (χ1n) is 5.84. The Kier molecular flexibility index (Phi) is 6.58. The van der Waals surface area contributed by atoms with Gasteiger partial charge in [-0.25, -0.2) is 0 Å². The molecule has 0 aliphatic heterocycles. The molecular formula is C13H19NO2S. The lowest BCUT2D eigenvalue weighted by atomic mass is 10.2. The molecule has 0 saturated heterocycles. The molecule has 17 heavy (non-hydrogen) atoms. The van der Waals surface area contributed by atoms with E-state index in [1.165, 1.54) is 0 Å². The minimum absolute atomic E-state index is 0.384. The molecule has 94 valence electrons. The second-order valence-corrected chi connectivity index (χ2v) is 4.15. The normalized spacial score (nSPS) is 10.2. The molecule has 0 unspecified atom stereocenters. The first-order valence-corrected chi connectivity index (χ1v) is 6.25. The molecule has 0 heterocycles. The standard InChI is InChI=1S/C13H19NO2S/c1-2-3-7-15-8-9-16-12-6-4-5-11(10-12)13(14)17/h4-6,10H,2-3,7-9H2,1H3,(H2,14,17). The van der Waals surface area contributed by atoms with Gasteiger partial charge in [-0.05, 0) is 18.6 Å². The van der Waals surface area contributed by atoms with E-state index in [1.807, 2.05) is 24.3 Å². The molecule has 0 aliphatic carbocycles. The molecule has 3 nitrogen and oxygen atoms in total. The molecule has 0 amide bonds. The van der Waals surface area contributed by atoms with E-state index in [1.54, 1.807) is 0 Å². The maximum atomic E-state index is 5.54. The summed E-state index contributed by atoms with van der Waals surface area (Å²) in [5.74, 6) is 0.773. The SMILES string of the molecule is CCCCOCCOc1cccc(C(N)=S)c1. The number of hydrogen-bond acceptors (Lipinski definition) is 3. The van der Waals surface area contributed by atoms with Gasteiger partial charge in [-0.15, -0.1) is 0 Å². The molecule has 0 aromatic heterocycles. The second kappa shape index (κ2) is 8.03. The summed E-state index contributed by atoms with van der Waals surface area (Å²) in [7, 11) is 0. The van der Waals surface area contributed by atoms with Crippen molar-refractivity contribution < 1.29 is 9.47 Å². The highest BCUT2D eigenvalue weighted by atomic mass is 32.1. The molecular weight excluding hydrogens is 234 g/mol. The Morgan fingerprint density at radius 2 is 2.12 bits per heavy atom. The summed E-state index contributed by atoms with van der Waals surface area (Å²) >= 11 is 4.90. The van der Waals surface area contributed by atoms with Crippen LogP contribution in [0.1, 0.15) is 25.3 Å². The van der Waals surface area contributed by atoms with Crippen molar-refractivity contribution in [1.82, 2.24) is 0 Å². The van der Waals surface area contributed by atoms with Gasteiger partial charge in [-0.3, -0.25) is 0 Å². The molecule has 0 saturated carbocycles. The lowest BCUT2D eigenvalue weighted by Gasteiger charge is -2.08. The van der Waals surface area contributed by atoms with E-state index in [0.29, 0.717) is 18.2 Å². The molecule has 1 aromatic carbocycles. The summed E-state index contributed by atoms with van der Waals surface area (Å²) in [6.45, 7) is 4.09. The van der Waals surface area contributed by atoms with Gasteiger partial charge < -0.3 is 15.2 Å². The van der Waals surface area contributed by atoms with Crippen molar-refractivity contribution >= 4 is 17.2 Å². The van der Waals surface area contributed by atoms with E-state index in [4.69, 9.17) is 27.4 Å². The molecule has 0 bridgehead atoms. The van der Waals surface area contributed by atoms with Crippen LogP contribution in [0.25, 0.3) is 0 Å². The zero-order valence-corrected chi connectivity index (χ0v) is 11.0. The van der Waals surface area contributed by atoms with E-state index in [2.05, 4.69) is 6.92 Å². The minimum atomic E-state index is 0.384. The third-order valence-corrected chi connectivity index (χ3v) is 2.49. The van der Waals surface area contributed by atoms with Gasteiger partial charge >= 0.3 is 0 Å². The van der Waals surface area contributed by atoms with Gasteiger partial charge in [-0.1, -0.05) is 37.7 Å². The molecule has 0 fully saturated rings. The Labute approximate surface area is 108 Å². The Morgan fingerprint density at radius 1 is 1.29 bits per heavy atom. The van der Waals surface area contributed by atoms with Crippen molar-refractivity contribution in [2.75, 3.05) is 19.8 Å². The second-order valence-electron chi connectivity index (χ2n) is 3.71. The number of unbranched alkanes of at least 4 members (excludes halogenated alkanes) is 1. The van der Waals surface area contributed by atoms with E-state index < -0.39 is 0 Å². The van der Waals surface area contributed by atoms with E-state index >= 15 is 0 Å². The number of rotatable bonds is 8. The van der Waals surface area contributed by atoms with Gasteiger partial charge in [0.1, 0.15) is 17.3 Å². The first kappa shape index (κ1) is 13.9. The van der Waals surface area contributed by atoms with Crippen molar-refractivity contribution in [3.63, 3.8) is 0 Å². The van der Waals surface area contributed by atoms with Crippen LogP contribution in [0.15, 0.2) is 24.3 Å². The van der Waals surface area contributed by atoms with Crippen molar-refractivity contribution in [3.8, 4) is 5.75 Å². The lowest BCUT2D eigenvalue weighted by molar-refractivity contribution is 0.0980. The summed E-state index contributed by atoms with van der Waals surface area (Å²) in [5, 5.41) is 0. The highest BCUT2D eigenvalue weighted by Crippen LogP contribution is 2.13. The average Bonchev–Trinajstić information content (AvgIpc) is 2.34. The first-order chi connectivity index (χ1) is 8.24. The topological polar surface area (TPSA) is 44.5 Å². The van der Waals surface area contributed by atoms with Crippen LogP contribution in [0.5, 0.6) is 5.75 Å². The maximum absolute atomic E-state index is 5.54. The Balaban J connectivity index is 2.27. The predicted octanol–water partition coefficient (Wildman–Crippen LogP) is 2.52. The highest BCUT2D eigenvalue weighted by molar-refractivity contribution is 7.80. The number of thiocarbonyl (C=S) groups is 1. The average molecular weight is 253 g/mol. The largest absolute Gasteiger partial charge is 0.491 e. The van der Waals surface area contributed by atoms with Crippen LogP contribution in [0.2, 0.25) is 0 Å². The van der Waals surface area contributed by atoms with Crippen LogP contribution >= 0.6 is 12.2 Å². The maximum Gasteiger partial charge on any atom is 0.120 e. The molecule has 0 aliphatic rings. The zero-order chi connectivity index (χ0) is 12.5. The number of nitrogens with two attached hydrogens (primary N) is 1. The Morgan fingerprint density at radius 3 is 2.82 bits per heavy atom. The van der Waals surface area contributed by atoms with Crippen LogP contribution in [-0.2, 0) is 4.74 Å². The fourth-order valence-corrected chi connectivity index (χ4v) is 1.43. The van der Waals surface area contributed by atoms with Crippen LogP contribution < -0.4 is 10.5 Å². The summed E-state index contributed by atoms with van der Waals surface area (Å²) in [4.78, 5) is 0.384. The molecule has 0 atom stereocenters. The summed E-state index contributed by atoms with van der Waals surface area (Å²) in [6.07, 6.45) is 2.24. The van der Waals surface area contributed by atoms with Gasteiger partial charge in [0.15, 0.2) is 0 Å². The summed E-state index contributed by atoms with van der Waals surface area (Å²) in [5.41, 5.74) is 6.37. The van der Waals surface area contributed by atoms with Crippen molar-refractivity contribution in [3.05, 3.63) is 29.8 Å². The quantitative estimate of drug-likeness (QED) is 0.571. The molecule has 2 N–H and O–H groups in total. The molecule has 1 rings (SSSR count). The van der Waals surface area contributed by atoms with Crippen LogP contribution in [0.4, 0.5) is 0 Å². The lowest BCUT2D eigenvalue weighted by Crippen LogP contribution is -2.10. The molecule has 0 spiro atoms. The molecule has 4 heteroatoms. The van der Waals surface area contributed by atoms with Gasteiger partial charge in [0.2, 0.25) is 0 Å². The van der Waals surface area contributed by atoms with Crippen molar-refractivity contribution in [2.24, 2.45) is 5.73 Å². The Bertz CT molecular complexity index is 355. The summed E-state index contributed by atoms with van der Waals surface area (Å²) in [6, 6.07) is 7.47. The van der Waals surface area contributed by atoms with Gasteiger partial charge in [0.25, 0.3) is 0 Å². The monoisotopic (exact) mass is 253 g/mol. The predicted molar refractivity (Wildman–Crippen MR) is 73.6 cm³/mol. The zero-order valence-electron chi connectivity index (χ0n) is 10.1. The minimum Gasteiger partial charge on any atom is -0.491 e. The smallest absolute Gasteiger partial charge is 0.120 e. The third kappa shape index (κ3) is 5.65. The van der Waals surface area contributed by atoms with E-state index in [9.17, 15) is 0 Å². The van der Waals surface area contributed by atoms with E-state index in [0.717, 1.165) is 30.8 Å². The van der Waals surface area contributed by atoms with Crippen LogP contribution in [-0.4, -0.2) is 24.8 Å². The molecule has 0 radical (unpaired) electrons. The number of ether oxygens (including phenoxy) is 2. The van der Waals surface area contributed by atoms with Gasteiger partial charge in [0, 0.05) is 12.2 Å². The Hall–Kier alpha value is -1.13. The highest BCUT2D eigenvalue weighted by Gasteiger charge is 1.99. The third-order valence-electron chi connectivity index (χ3n) is 2.26. The fraction of sp³-hybridized carbons (Fsp3) is 0.462. The van der Waals surface area contributed by atoms with Gasteiger partial charge in [-0.2, -0.15) is 0 Å². The number of benzene rings is 1. The van der Waals surface area contributed by atoms with Crippen LogP contribution in [0.3, 0.4) is 0 Å².